The number of halogens is 2. The number of imidazole rings is 1. The number of nitrogens with zero attached hydrogens (tertiary/aromatic N) is 6. The van der Waals surface area contributed by atoms with E-state index in [1.807, 2.05) is 33.2 Å². The monoisotopic (exact) mass is 600 g/mol. The summed E-state index contributed by atoms with van der Waals surface area (Å²) >= 11 is 9.49. The van der Waals surface area contributed by atoms with E-state index in [-0.39, 0.29) is 17.8 Å². The molecule has 3 heterocycles. The van der Waals surface area contributed by atoms with E-state index < -0.39 is 4.92 Å². The normalized spacial score (nSPS) is 12.6. The molecule has 3 aromatic heterocycles. The zero-order valence-electron chi connectivity index (χ0n) is 20.6. The number of nitrogens with one attached hydrogen (secondary N) is 3. The number of aromatic amines is 1. The van der Waals surface area contributed by atoms with Crippen molar-refractivity contribution in [2.24, 2.45) is 0 Å². The Hall–Kier alpha value is -3.94. The molecule has 0 radical (unpaired) electrons. The van der Waals surface area contributed by atoms with Gasteiger partial charge in [0.05, 0.1) is 37.4 Å². The molecule has 1 amide bonds. The first-order chi connectivity index (χ1) is 18.0. The fraction of sp³-hybridized carbons (Fsp3) is 0.208. The highest BCUT2D eigenvalue weighted by molar-refractivity contribution is 9.10. The number of benzene rings is 1. The lowest BCUT2D eigenvalue weighted by Gasteiger charge is -2.33. The highest BCUT2D eigenvalue weighted by Gasteiger charge is 2.32. The van der Waals surface area contributed by atoms with E-state index in [1.54, 1.807) is 24.4 Å². The number of aromatic nitrogens is 5. The number of hydrogen-bond acceptors (Lipinski definition) is 8. The maximum Gasteiger partial charge on any atom is 0.349 e. The molecule has 0 aliphatic heterocycles. The van der Waals surface area contributed by atoms with Crippen LogP contribution >= 0.6 is 27.5 Å². The molecule has 0 saturated carbocycles. The smallest absolute Gasteiger partial charge is 0.349 e. The number of pyridine rings is 1. The third-order valence-electron chi connectivity index (χ3n) is 6.07. The van der Waals surface area contributed by atoms with Gasteiger partial charge in [0.15, 0.2) is 12.0 Å². The predicted octanol–water partition coefficient (Wildman–Crippen LogP) is 5.15. The first-order valence-corrected chi connectivity index (χ1v) is 12.5. The topological polar surface area (TPSA) is 152 Å². The van der Waals surface area contributed by atoms with Crippen molar-refractivity contribution in [3.63, 3.8) is 0 Å². The van der Waals surface area contributed by atoms with Crippen LogP contribution in [0, 0.1) is 10.1 Å². The van der Waals surface area contributed by atoms with Crippen LogP contribution in [0.15, 0.2) is 59.7 Å². The summed E-state index contributed by atoms with van der Waals surface area (Å²) in [6.45, 7) is 2.29. The van der Waals surface area contributed by atoms with Gasteiger partial charge in [-0.1, -0.05) is 11.6 Å². The number of carbonyl (C=O) groups excluding carboxylic acids is 1. The van der Waals surface area contributed by atoms with Gasteiger partial charge in [-0.3, -0.25) is 4.79 Å². The fourth-order valence-electron chi connectivity index (χ4n) is 3.68. The molecule has 1 atom stereocenters. The number of quaternary nitrogens is 1. The number of carbonyl (C=O) groups is 1. The van der Waals surface area contributed by atoms with Crippen molar-refractivity contribution in [2.75, 3.05) is 31.3 Å². The minimum absolute atomic E-state index is 0.130. The maximum absolute atomic E-state index is 12.6. The molecule has 0 aliphatic carbocycles. The molecule has 12 nitrogen and oxygen atoms in total. The zero-order chi connectivity index (χ0) is 27.4. The quantitative estimate of drug-likeness (QED) is 0.103. The third kappa shape index (κ3) is 6.13. The molecule has 38 heavy (non-hydrogen) atoms. The van der Waals surface area contributed by atoms with Gasteiger partial charge < -0.3 is 25.2 Å². The maximum atomic E-state index is 12.6. The Kier molecular flexibility index (Phi) is 7.99. The number of H-pyrrole nitrogens is 1. The SMILES string of the molecule is C[C@@H](c1nc[nH]c1[N+](=O)[O-])[N+](C)(C)C/C=C/C(=O)Nc1cc2c(Nc3ccc(Cl)c(Br)c3)ncnc2cn1. The summed E-state index contributed by atoms with van der Waals surface area (Å²) in [6.07, 6.45) is 7.40. The van der Waals surface area contributed by atoms with Crippen LogP contribution in [0.5, 0.6) is 0 Å². The van der Waals surface area contributed by atoms with E-state index >= 15 is 0 Å². The van der Waals surface area contributed by atoms with Crippen LogP contribution in [0.25, 0.3) is 10.9 Å². The molecule has 0 bridgehead atoms. The molecule has 0 fully saturated rings. The second-order valence-electron chi connectivity index (χ2n) is 8.99. The number of likely N-dealkylation sites (N-methyl/N-ethyl adjacent to an activating group) is 1. The van der Waals surface area contributed by atoms with E-state index in [4.69, 9.17) is 11.6 Å². The minimum Gasteiger partial charge on any atom is -0.358 e. The minimum atomic E-state index is -0.487. The molecule has 0 unspecified atom stereocenters. The lowest BCUT2D eigenvalue weighted by molar-refractivity contribution is -0.914. The predicted molar refractivity (Wildman–Crippen MR) is 148 cm³/mol. The van der Waals surface area contributed by atoms with Crippen molar-refractivity contribution in [3.05, 3.63) is 80.6 Å². The van der Waals surface area contributed by atoms with Crippen LogP contribution in [0.1, 0.15) is 18.7 Å². The van der Waals surface area contributed by atoms with Gasteiger partial charge in [0.1, 0.15) is 24.0 Å². The number of rotatable bonds is 9. The average Bonchev–Trinajstić information content (AvgIpc) is 3.36. The average molecular weight is 602 g/mol. The van der Waals surface area contributed by atoms with Crippen molar-refractivity contribution < 1.29 is 14.2 Å². The van der Waals surface area contributed by atoms with E-state index in [1.165, 1.54) is 18.7 Å². The lowest BCUT2D eigenvalue weighted by Crippen LogP contribution is -2.42. The van der Waals surface area contributed by atoms with Crippen molar-refractivity contribution in [2.45, 2.75) is 13.0 Å². The molecular formula is C24H24BrClN9O3+. The Bertz CT molecular complexity index is 1540. The number of fused-ring (bicyclic) bond motifs is 1. The molecule has 1 aromatic carbocycles. The largest absolute Gasteiger partial charge is 0.358 e. The van der Waals surface area contributed by atoms with Gasteiger partial charge in [-0.15, -0.1) is 0 Å². The van der Waals surface area contributed by atoms with E-state index in [0.717, 1.165) is 10.2 Å². The Balaban J connectivity index is 1.45. The highest BCUT2D eigenvalue weighted by Crippen LogP contribution is 2.30. The summed E-state index contributed by atoms with van der Waals surface area (Å²) in [6, 6.07) is 6.81. The second-order valence-corrected chi connectivity index (χ2v) is 10.2. The van der Waals surface area contributed by atoms with Crippen molar-refractivity contribution in [3.8, 4) is 0 Å². The molecule has 0 spiro atoms. The van der Waals surface area contributed by atoms with Crippen LogP contribution in [-0.2, 0) is 4.79 Å². The van der Waals surface area contributed by atoms with Crippen LogP contribution < -0.4 is 10.6 Å². The van der Waals surface area contributed by atoms with Gasteiger partial charge in [0.25, 0.3) is 0 Å². The summed E-state index contributed by atoms with van der Waals surface area (Å²) in [5, 5.41) is 18.5. The number of amides is 1. The molecular weight excluding hydrogens is 578 g/mol. The van der Waals surface area contributed by atoms with Crippen LogP contribution in [0.2, 0.25) is 5.02 Å². The molecule has 196 valence electrons. The van der Waals surface area contributed by atoms with Gasteiger partial charge >= 0.3 is 5.82 Å². The van der Waals surface area contributed by atoms with Crippen molar-refractivity contribution in [1.29, 1.82) is 0 Å². The summed E-state index contributed by atoms with van der Waals surface area (Å²) in [4.78, 5) is 42.9. The van der Waals surface area contributed by atoms with Crippen LogP contribution in [0.4, 0.5) is 23.1 Å². The van der Waals surface area contributed by atoms with Crippen molar-refractivity contribution in [1.82, 2.24) is 24.9 Å². The van der Waals surface area contributed by atoms with Crippen LogP contribution in [0.3, 0.4) is 0 Å². The first kappa shape index (κ1) is 27.1. The first-order valence-electron chi connectivity index (χ1n) is 11.4. The summed E-state index contributed by atoms with van der Waals surface area (Å²) < 4.78 is 1.08. The van der Waals surface area contributed by atoms with E-state index in [0.29, 0.717) is 44.3 Å². The lowest BCUT2D eigenvalue weighted by atomic mass is 10.1. The summed E-state index contributed by atoms with van der Waals surface area (Å²) in [7, 11) is 3.81. The summed E-state index contributed by atoms with van der Waals surface area (Å²) in [5.74, 6) is 0.368. The van der Waals surface area contributed by atoms with Gasteiger partial charge in [0, 0.05) is 21.6 Å². The molecule has 3 N–H and O–H groups in total. The fourth-order valence-corrected chi connectivity index (χ4v) is 4.17. The van der Waals surface area contributed by atoms with Crippen LogP contribution in [-0.4, -0.2) is 60.9 Å². The van der Waals surface area contributed by atoms with E-state index in [2.05, 4.69) is 51.5 Å². The van der Waals surface area contributed by atoms with Gasteiger partial charge in [-0.2, -0.15) is 0 Å². The van der Waals surface area contributed by atoms with Crippen molar-refractivity contribution >= 4 is 67.5 Å². The molecule has 0 saturated heterocycles. The highest BCUT2D eigenvalue weighted by atomic mass is 79.9. The molecule has 4 rings (SSSR count). The second kappa shape index (κ2) is 11.2. The Morgan fingerprint density at radius 3 is 2.79 bits per heavy atom. The van der Waals surface area contributed by atoms with Gasteiger partial charge in [-0.05, 0) is 58.1 Å². The Labute approximate surface area is 231 Å². The summed E-state index contributed by atoms with van der Waals surface area (Å²) in [5.41, 5.74) is 1.72. The Morgan fingerprint density at radius 2 is 2.05 bits per heavy atom. The standard InChI is InChI=1S/C24H23BrClN9O3/c1-14(22-24(34(37)38)31-13-29-22)35(2,3)8-4-5-21(36)33-20-10-16-19(11-27-20)28-12-30-23(16)32-15-6-7-18(26)17(25)9-15/h4-7,9-14H,8H2,1-3H3,(H2-,27,28,29,30,31,32,33,36)/p+1/b5-4+/t14-/m0/s1. The third-order valence-corrected chi connectivity index (χ3v) is 7.29. The van der Waals surface area contributed by atoms with Gasteiger partial charge in [0.2, 0.25) is 5.91 Å². The van der Waals surface area contributed by atoms with E-state index in [9.17, 15) is 14.9 Å². The zero-order valence-corrected chi connectivity index (χ0v) is 23.0. The number of anilines is 3. The number of nitro groups is 1. The molecule has 0 aliphatic rings. The molecule has 4 aromatic rings. The van der Waals surface area contributed by atoms with Gasteiger partial charge in [-0.25, -0.2) is 24.9 Å². The Morgan fingerprint density at radius 1 is 1.26 bits per heavy atom. The number of hydrogen-bond donors (Lipinski definition) is 3. The molecule has 14 heteroatoms.